The lowest BCUT2D eigenvalue weighted by Gasteiger charge is -2.17. The Bertz CT molecular complexity index is 642. The molecular weight excluding hydrogens is 278 g/mol. The van der Waals surface area contributed by atoms with Crippen LogP contribution in [-0.4, -0.2) is 40.5 Å². The van der Waals surface area contributed by atoms with Crippen molar-refractivity contribution in [3.05, 3.63) is 48.0 Å². The van der Waals surface area contributed by atoms with Crippen molar-refractivity contribution in [3.8, 4) is 0 Å². The molecule has 1 fully saturated rings. The maximum absolute atomic E-state index is 12.0. The number of nitrogens with zero attached hydrogens (tertiary/aromatic N) is 4. The fraction of sp³-hybridized carbons (Fsp3) is 0.375. The quantitative estimate of drug-likeness (QED) is 0.873. The predicted octanol–water partition coefficient (Wildman–Crippen LogP) is 1.44. The van der Waals surface area contributed by atoms with Crippen molar-refractivity contribution in [1.82, 2.24) is 20.3 Å². The molecule has 1 saturated carbocycles. The molecule has 0 bridgehead atoms. The first-order valence-electron chi connectivity index (χ1n) is 7.46. The van der Waals surface area contributed by atoms with Gasteiger partial charge in [-0.05, 0) is 43.0 Å². The lowest BCUT2D eigenvalue weighted by Crippen LogP contribution is -2.28. The number of carbonyl (C=O) groups excluding carboxylic acids is 1. The van der Waals surface area contributed by atoms with Crippen LogP contribution in [0.25, 0.3) is 0 Å². The Morgan fingerprint density at radius 2 is 2.05 bits per heavy atom. The number of carbonyl (C=O) groups is 1. The number of hydrogen-bond acceptors (Lipinski definition) is 5. The molecule has 0 saturated heterocycles. The van der Waals surface area contributed by atoms with E-state index in [0.717, 1.165) is 25.8 Å². The van der Waals surface area contributed by atoms with Crippen LogP contribution in [0.2, 0.25) is 0 Å². The van der Waals surface area contributed by atoms with Crippen molar-refractivity contribution in [2.24, 2.45) is 0 Å². The molecule has 2 aromatic rings. The number of anilines is 1. The van der Waals surface area contributed by atoms with Crippen molar-refractivity contribution in [1.29, 1.82) is 0 Å². The molecule has 3 rings (SSSR count). The summed E-state index contributed by atoms with van der Waals surface area (Å²) in [4.78, 5) is 26.6. The molecule has 1 N–H and O–H groups in total. The van der Waals surface area contributed by atoms with Gasteiger partial charge >= 0.3 is 0 Å². The lowest BCUT2D eigenvalue weighted by molar-refractivity contribution is 0.0946. The number of amides is 1. The molecule has 114 valence electrons. The summed E-state index contributed by atoms with van der Waals surface area (Å²) >= 11 is 0. The van der Waals surface area contributed by atoms with E-state index >= 15 is 0 Å². The van der Waals surface area contributed by atoms with Crippen molar-refractivity contribution >= 4 is 11.9 Å². The third-order valence-electron chi connectivity index (χ3n) is 3.61. The van der Waals surface area contributed by atoms with E-state index in [9.17, 15) is 4.79 Å². The number of rotatable bonds is 6. The van der Waals surface area contributed by atoms with Crippen LogP contribution in [0.5, 0.6) is 0 Å². The van der Waals surface area contributed by atoms with Gasteiger partial charge in [-0.15, -0.1) is 0 Å². The number of nitrogens with one attached hydrogen (secondary N) is 1. The summed E-state index contributed by atoms with van der Waals surface area (Å²) in [5.74, 6) is 0.450. The van der Waals surface area contributed by atoms with Crippen LogP contribution in [-0.2, 0) is 6.42 Å². The standard InChI is InChI=1S/C16H19N5O/c1-21(11-7-12-4-8-17-9-5-12)16-18-10-6-14(20-16)15(22)19-13-2-3-13/h4-6,8-10,13H,2-3,7,11H2,1H3,(H,19,22). The number of aromatic nitrogens is 3. The first-order valence-corrected chi connectivity index (χ1v) is 7.46. The second kappa shape index (κ2) is 6.51. The van der Waals surface area contributed by atoms with Gasteiger partial charge in [0, 0.05) is 38.2 Å². The fourth-order valence-corrected chi connectivity index (χ4v) is 2.09. The number of hydrogen-bond donors (Lipinski definition) is 1. The molecule has 1 amide bonds. The maximum atomic E-state index is 12.0. The van der Waals surface area contributed by atoms with Crippen molar-refractivity contribution < 1.29 is 4.79 Å². The van der Waals surface area contributed by atoms with Gasteiger partial charge in [0.05, 0.1) is 0 Å². The largest absolute Gasteiger partial charge is 0.348 e. The smallest absolute Gasteiger partial charge is 0.270 e. The molecule has 2 aromatic heterocycles. The highest BCUT2D eigenvalue weighted by molar-refractivity contribution is 5.92. The zero-order chi connectivity index (χ0) is 15.4. The Labute approximate surface area is 129 Å². The van der Waals surface area contributed by atoms with E-state index in [4.69, 9.17) is 0 Å². The predicted molar refractivity (Wildman–Crippen MR) is 83.7 cm³/mol. The van der Waals surface area contributed by atoms with Gasteiger partial charge < -0.3 is 10.2 Å². The highest BCUT2D eigenvalue weighted by atomic mass is 16.2. The monoisotopic (exact) mass is 297 g/mol. The van der Waals surface area contributed by atoms with E-state index in [0.29, 0.717) is 17.7 Å². The van der Waals surface area contributed by atoms with Crippen LogP contribution in [0.4, 0.5) is 5.95 Å². The van der Waals surface area contributed by atoms with Gasteiger partial charge in [-0.2, -0.15) is 0 Å². The first-order chi connectivity index (χ1) is 10.7. The van der Waals surface area contributed by atoms with Gasteiger partial charge in [0.1, 0.15) is 5.69 Å². The Morgan fingerprint density at radius 3 is 2.77 bits per heavy atom. The topological polar surface area (TPSA) is 71.0 Å². The van der Waals surface area contributed by atoms with Crippen LogP contribution in [0.3, 0.4) is 0 Å². The number of pyridine rings is 1. The minimum absolute atomic E-state index is 0.117. The van der Waals surface area contributed by atoms with E-state index in [1.165, 1.54) is 5.56 Å². The summed E-state index contributed by atoms with van der Waals surface area (Å²) in [6, 6.07) is 5.97. The molecule has 0 spiro atoms. The molecule has 22 heavy (non-hydrogen) atoms. The minimum Gasteiger partial charge on any atom is -0.348 e. The van der Waals surface area contributed by atoms with Crippen LogP contribution < -0.4 is 10.2 Å². The van der Waals surface area contributed by atoms with Gasteiger partial charge in [-0.25, -0.2) is 9.97 Å². The zero-order valence-electron chi connectivity index (χ0n) is 12.6. The Morgan fingerprint density at radius 1 is 1.27 bits per heavy atom. The first kappa shape index (κ1) is 14.4. The molecule has 2 heterocycles. The Hall–Kier alpha value is -2.50. The van der Waals surface area contributed by atoms with Crippen molar-refractivity contribution in [2.45, 2.75) is 25.3 Å². The summed E-state index contributed by atoms with van der Waals surface area (Å²) in [7, 11) is 1.93. The third-order valence-corrected chi connectivity index (χ3v) is 3.61. The zero-order valence-corrected chi connectivity index (χ0v) is 12.6. The molecule has 0 unspecified atom stereocenters. The second-order valence-electron chi connectivity index (χ2n) is 5.52. The lowest BCUT2D eigenvalue weighted by atomic mass is 10.2. The summed E-state index contributed by atoms with van der Waals surface area (Å²) < 4.78 is 0. The second-order valence-corrected chi connectivity index (χ2v) is 5.52. The van der Waals surface area contributed by atoms with E-state index in [1.54, 1.807) is 24.7 Å². The average molecular weight is 297 g/mol. The van der Waals surface area contributed by atoms with Crippen LogP contribution in [0.15, 0.2) is 36.8 Å². The van der Waals surface area contributed by atoms with Crippen LogP contribution >= 0.6 is 0 Å². The van der Waals surface area contributed by atoms with Gasteiger partial charge in [0.2, 0.25) is 5.95 Å². The Kier molecular flexibility index (Phi) is 4.27. The van der Waals surface area contributed by atoms with Gasteiger partial charge in [0.25, 0.3) is 5.91 Å². The van der Waals surface area contributed by atoms with Crippen LogP contribution in [0.1, 0.15) is 28.9 Å². The van der Waals surface area contributed by atoms with Crippen molar-refractivity contribution in [3.63, 3.8) is 0 Å². The van der Waals surface area contributed by atoms with E-state index < -0.39 is 0 Å². The molecule has 0 atom stereocenters. The van der Waals surface area contributed by atoms with E-state index in [-0.39, 0.29) is 5.91 Å². The minimum atomic E-state index is -0.117. The maximum Gasteiger partial charge on any atom is 0.270 e. The summed E-state index contributed by atoms with van der Waals surface area (Å²) in [5.41, 5.74) is 1.64. The van der Waals surface area contributed by atoms with E-state index in [1.807, 2.05) is 24.1 Å². The highest BCUT2D eigenvalue weighted by Gasteiger charge is 2.24. The summed E-state index contributed by atoms with van der Waals surface area (Å²) in [6.07, 6.45) is 8.21. The number of likely N-dealkylation sites (N-methyl/N-ethyl adjacent to an activating group) is 1. The van der Waals surface area contributed by atoms with Gasteiger partial charge in [0.15, 0.2) is 0 Å². The molecule has 6 heteroatoms. The van der Waals surface area contributed by atoms with Gasteiger partial charge in [-0.3, -0.25) is 9.78 Å². The molecule has 6 nitrogen and oxygen atoms in total. The molecule has 0 aromatic carbocycles. The van der Waals surface area contributed by atoms with Crippen molar-refractivity contribution in [2.75, 3.05) is 18.5 Å². The van der Waals surface area contributed by atoms with E-state index in [2.05, 4.69) is 20.3 Å². The average Bonchev–Trinajstić information content (AvgIpc) is 3.37. The molecular formula is C16H19N5O. The normalized spacial score (nSPS) is 13.7. The van der Waals surface area contributed by atoms with Gasteiger partial charge in [-0.1, -0.05) is 0 Å². The highest BCUT2D eigenvalue weighted by Crippen LogP contribution is 2.19. The summed E-state index contributed by atoms with van der Waals surface area (Å²) in [5, 5.41) is 2.94. The SMILES string of the molecule is CN(CCc1ccncc1)c1nccc(C(=O)NC2CC2)n1. The Balaban J connectivity index is 1.61. The molecule has 1 aliphatic carbocycles. The fourth-order valence-electron chi connectivity index (χ4n) is 2.09. The summed E-state index contributed by atoms with van der Waals surface area (Å²) in [6.45, 7) is 0.776. The molecule has 0 radical (unpaired) electrons. The molecule has 1 aliphatic rings. The van der Waals surface area contributed by atoms with Crippen LogP contribution in [0, 0.1) is 0 Å². The molecule has 0 aliphatic heterocycles. The third kappa shape index (κ3) is 3.78.